The Morgan fingerprint density at radius 2 is 1.78 bits per heavy atom. The lowest BCUT2D eigenvalue weighted by Gasteiger charge is -2.02. The summed E-state index contributed by atoms with van der Waals surface area (Å²) < 4.78 is 25.7. The number of halogens is 3. The van der Waals surface area contributed by atoms with Crippen LogP contribution in [-0.2, 0) is 9.63 Å². The van der Waals surface area contributed by atoms with E-state index < -0.39 is 17.6 Å². The highest BCUT2D eigenvalue weighted by Crippen LogP contribution is 2.20. The zero-order valence-corrected chi connectivity index (χ0v) is 10.2. The molecule has 0 saturated carbocycles. The summed E-state index contributed by atoms with van der Waals surface area (Å²) in [6, 6.07) is 1.24. The Balaban J connectivity index is 2.95. The Labute approximate surface area is 106 Å². The molecule has 1 aromatic carbocycles. The molecule has 1 rings (SSSR count). The van der Waals surface area contributed by atoms with Crippen LogP contribution in [0.5, 0.6) is 0 Å². The molecule has 1 aromatic rings. The molecule has 0 bridgehead atoms. The van der Waals surface area contributed by atoms with E-state index in [1.165, 1.54) is 13.8 Å². The number of benzene rings is 1. The van der Waals surface area contributed by atoms with Crippen molar-refractivity contribution in [2.45, 2.75) is 13.8 Å². The Kier molecular flexibility index (Phi) is 4.49. The van der Waals surface area contributed by atoms with Gasteiger partial charge in [-0.2, -0.15) is 0 Å². The lowest BCUT2D eigenvalue weighted by atomic mass is 10.2. The second-order valence-corrected chi connectivity index (χ2v) is 3.76. The zero-order chi connectivity index (χ0) is 13.9. The van der Waals surface area contributed by atoms with Crippen LogP contribution in [0.2, 0.25) is 5.02 Å². The van der Waals surface area contributed by atoms with Crippen LogP contribution in [0.1, 0.15) is 24.2 Å². The fourth-order valence-electron chi connectivity index (χ4n) is 0.902. The maximum Gasteiger partial charge on any atom is 0.367 e. The third-order valence-electron chi connectivity index (χ3n) is 2.00. The van der Waals surface area contributed by atoms with Crippen LogP contribution in [0.15, 0.2) is 17.3 Å². The average molecular weight is 276 g/mol. The van der Waals surface area contributed by atoms with Gasteiger partial charge in [0.05, 0.1) is 10.6 Å². The van der Waals surface area contributed by atoms with Crippen molar-refractivity contribution in [1.82, 2.24) is 0 Å². The second-order valence-electron chi connectivity index (χ2n) is 3.36. The molecule has 96 valence electrons. The SMILES string of the molecule is CC(=O)/C(C)=N/OC(=O)c1cc(F)c(F)cc1Cl. The predicted molar refractivity (Wildman–Crippen MR) is 60.6 cm³/mol. The minimum Gasteiger partial charge on any atom is -0.312 e. The third kappa shape index (κ3) is 3.33. The molecule has 0 saturated heterocycles. The second kappa shape index (κ2) is 5.68. The topological polar surface area (TPSA) is 55.7 Å². The summed E-state index contributed by atoms with van der Waals surface area (Å²) in [5.41, 5.74) is -0.419. The third-order valence-corrected chi connectivity index (χ3v) is 2.32. The van der Waals surface area contributed by atoms with Gasteiger partial charge in [-0.15, -0.1) is 0 Å². The van der Waals surface area contributed by atoms with Crippen molar-refractivity contribution in [1.29, 1.82) is 0 Å². The van der Waals surface area contributed by atoms with E-state index in [1.807, 2.05) is 0 Å². The summed E-state index contributed by atoms with van der Waals surface area (Å²) >= 11 is 5.55. The molecule has 0 fully saturated rings. The molecule has 0 atom stereocenters. The largest absolute Gasteiger partial charge is 0.367 e. The first kappa shape index (κ1) is 14.2. The normalized spacial score (nSPS) is 11.3. The highest BCUT2D eigenvalue weighted by atomic mass is 35.5. The molecule has 0 radical (unpaired) electrons. The summed E-state index contributed by atoms with van der Waals surface area (Å²) in [7, 11) is 0. The lowest BCUT2D eigenvalue weighted by molar-refractivity contribution is -0.111. The van der Waals surface area contributed by atoms with Crippen LogP contribution in [0.4, 0.5) is 8.78 Å². The van der Waals surface area contributed by atoms with Crippen molar-refractivity contribution >= 4 is 29.1 Å². The van der Waals surface area contributed by atoms with Crippen molar-refractivity contribution in [3.63, 3.8) is 0 Å². The molecule has 0 spiro atoms. The van der Waals surface area contributed by atoms with Gasteiger partial charge in [-0.05, 0) is 19.1 Å². The minimum absolute atomic E-state index is 0.0398. The fraction of sp³-hybridized carbons (Fsp3) is 0.182. The summed E-state index contributed by atoms with van der Waals surface area (Å²) in [6.45, 7) is 2.57. The maximum atomic E-state index is 12.9. The number of ketones is 1. The van der Waals surface area contributed by atoms with E-state index in [2.05, 4.69) is 9.99 Å². The molecule has 0 N–H and O–H groups in total. The van der Waals surface area contributed by atoms with Gasteiger partial charge in [-0.25, -0.2) is 13.6 Å². The standard InChI is InChI=1S/C11H8ClF2NO3/c1-5(6(2)16)15-18-11(17)7-3-9(13)10(14)4-8(7)12/h3-4H,1-2H3/b15-5+. The van der Waals surface area contributed by atoms with Crippen LogP contribution in [0, 0.1) is 11.6 Å². The highest BCUT2D eigenvalue weighted by molar-refractivity contribution is 6.38. The minimum atomic E-state index is -1.24. The Bertz CT molecular complexity index is 543. The fourth-order valence-corrected chi connectivity index (χ4v) is 1.13. The number of oxime groups is 1. The summed E-state index contributed by atoms with van der Waals surface area (Å²) in [5.74, 6) is -3.89. The number of hydrogen-bond acceptors (Lipinski definition) is 4. The van der Waals surface area contributed by atoms with Crippen LogP contribution < -0.4 is 0 Å². The van der Waals surface area contributed by atoms with Crippen LogP contribution >= 0.6 is 11.6 Å². The van der Waals surface area contributed by atoms with Gasteiger partial charge in [-0.1, -0.05) is 16.8 Å². The lowest BCUT2D eigenvalue weighted by Crippen LogP contribution is -2.09. The Hall–Kier alpha value is -1.82. The predicted octanol–water partition coefficient (Wildman–Crippen LogP) is 2.74. The molecule has 4 nitrogen and oxygen atoms in total. The Morgan fingerprint density at radius 1 is 1.22 bits per heavy atom. The van der Waals surface area contributed by atoms with E-state index in [4.69, 9.17) is 11.6 Å². The monoisotopic (exact) mass is 275 g/mol. The first-order valence-electron chi connectivity index (χ1n) is 4.74. The van der Waals surface area contributed by atoms with E-state index in [0.29, 0.717) is 12.1 Å². The van der Waals surface area contributed by atoms with Crippen molar-refractivity contribution in [3.05, 3.63) is 34.4 Å². The number of carbonyl (C=O) groups is 2. The van der Waals surface area contributed by atoms with Crippen molar-refractivity contribution < 1.29 is 23.2 Å². The highest BCUT2D eigenvalue weighted by Gasteiger charge is 2.16. The van der Waals surface area contributed by atoms with E-state index in [9.17, 15) is 18.4 Å². The number of hydrogen-bond donors (Lipinski definition) is 0. The number of Topliss-reactive ketones (excluding diaryl/α,β-unsaturated/α-hetero) is 1. The molecule has 0 aliphatic carbocycles. The van der Waals surface area contributed by atoms with Crippen LogP contribution in [-0.4, -0.2) is 17.5 Å². The van der Waals surface area contributed by atoms with Gasteiger partial charge in [0.2, 0.25) is 0 Å². The molecular weight excluding hydrogens is 268 g/mol. The van der Waals surface area contributed by atoms with E-state index in [0.717, 1.165) is 0 Å². The number of nitrogens with zero attached hydrogens (tertiary/aromatic N) is 1. The molecular formula is C11H8ClF2NO3. The first-order valence-corrected chi connectivity index (χ1v) is 5.12. The van der Waals surface area contributed by atoms with Gasteiger partial charge >= 0.3 is 5.97 Å². The van der Waals surface area contributed by atoms with Gasteiger partial charge < -0.3 is 4.84 Å². The van der Waals surface area contributed by atoms with Crippen molar-refractivity contribution in [2.75, 3.05) is 0 Å². The van der Waals surface area contributed by atoms with Crippen molar-refractivity contribution in [3.8, 4) is 0 Å². The molecule has 0 unspecified atom stereocenters. The van der Waals surface area contributed by atoms with E-state index in [1.54, 1.807) is 0 Å². The average Bonchev–Trinajstić information content (AvgIpc) is 2.30. The quantitative estimate of drug-likeness (QED) is 0.369. The molecule has 7 heteroatoms. The van der Waals surface area contributed by atoms with Gasteiger partial charge in [0.25, 0.3) is 0 Å². The zero-order valence-electron chi connectivity index (χ0n) is 9.46. The first-order chi connectivity index (χ1) is 8.32. The van der Waals surface area contributed by atoms with E-state index in [-0.39, 0.29) is 22.1 Å². The molecule has 0 aromatic heterocycles. The van der Waals surface area contributed by atoms with Crippen molar-refractivity contribution in [2.24, 2.45) is 5.16 Å². The molecule has 0 heterocycles. The summed E-state index contributed by atoms with van der Waals surface area (Å²) in [4.78, 5) is 26.6. The van der Waals surface area contributed by atoms with Gasteiger partial charge in [-0.3, -0.25) is 4.79 Å². The van der Waals surface area contributed by atoms with Gasteiger partial charge in [0, 0.05) is 6.92 Å². The van der Waals surface area contributed by atoms with Gasteiger partial charge in [0.15, 0.2) is 17.4 Å². The van der Waals surface area contributed by atoms with Gasteiger partial charge in [0.1, 0.15) is 5.71 Å². The smallest absolute Gasteiger partial charge is 0.312 e. The summed E-state index contributed by atoms with van der Waals surface area (Å²) in [5, 5.41) is 2.93. The summed E-state index contributed by atoms with van der Waals surface area (Å²) in [6.07, 6.45) is 0. The van der Waals surface area contributed by atoms with Crippen LogP contribution in [0.25, 0.3) is 0 Å². The number of rotatable bonds is 3. The van der Waals surface area contributed by atoms with E-state index >= 15 is 0 Å². The molecule has 0 aliphatic heterocycles. The maximum absolute atomic E-state index is 12.9. The number of carbonyl (C=O) groups excluding carboxylic acids is 2. The molecule has 0 amide bonds. The molecule has 18 heavy (non-hydrogen) atoms. The molecule has 0 aliphatic rings. The Morgan fingerprint density at radius 3 is 2.33 bits per heavy atom. The van der Waals surface area contributed by atoms with Crippen LogP contribution in [0.3, 0.4) is 0 Å².